The van der Waals surface area contributed by atoms with Crippen LogP contribution in [0.2, 0.25) is 0 Å². The zero-order valence-corrected chi connectivity index (χ0v) is 19.4. The van der Waals surface area contributed by atoms with Crippen LogP contribution in [0.5, 0.6) is 5.75 Å². The predicted octanol–water partition coefficient (Wildman–Crippen LogP) is 5.12. The summed E-state index contributed by atoms with van der Waals surface area (Å²) in [6.45, 7) is 4.63. The fraction of sp³-hybridized carbons (Fsp3) is 0.296. The number of nitrogens with zero attached hydrogens (tertiary/aromatic N) is 2. The van der Waals surface area contributed by atoms with Crippen LogP contribution in [0.3, 0.4) is 0 Å². The van der Waals surface area contributed by atoms with Crippen molar-refractivity contribution in [3.8, 4) is 5.75 Å². The maximum atomic E-state index is 13.2. The maximum absolute atomic E-state index is 13.2. The number of rotatable bonds is 6. The lowest BCUT2D eigenvalue weighted by atomic mass is 9.85. The summed E-state index contributed by atoms with van der Waals surface area (Å²) in [5.74, 6) is 1.24. The Kier molecular flexibility index (Phi) is 5.92. The molecule has 2 N–H and O–H groups in total. The number of benzene rings is 2. The van der Waals surface area contributed by atoms with Gasteiger partial charge in [0.25, 0.3) is 5.91 Å². The van der Waals surface area contributed by atoms with Gasteiger partial charge in [-0.2, -0.15) is 5.10 Å². The molecule has 1 amide bonds. The van der Waals surface area contributed by atoms with E-state index in [9.17, 15) is 9.59 Å². The minimum Gasteiger partial charge on any atom is -0.494 e. The van der Waals surface area contributed by atoms with Gasteiger partial charge in [0, 0.05) is 23.4 Å². The first kappa shape index (κ1) is 21.9. The van der Waals surface area contributed by atoms with Gasteiger partial charge in [-0.25, -0.2) is 4.68 Å². The zero-order valence-electron chi connectivity index (χ0n) is 19.4. The Bertz CT molecular complexity index is 1260. The smallest absolute Gasteiger partial charge is 0.261 e. The zero-order chi connectivity index (χ0) is 23.7. The number of amides is 1. The molecular formula is C27H28N4O3. The number of allylic oxidation sites excluding steroid dienone is 2. The molecule has 1 aromatic heterocycles. The van der Waals surface area contributed by atoms with Crippen LogP contribution in [0, 0.1) is 0 Å². The molecule has 3 aromatic rings. The highest BCUT2D eigenvalue weighted by molar-refractivity contribution is 6.08. The maximum Gasteiger partial charge on any atom is 0.261 e. The van der Waals surface area contributed by atoms with Gasteiger partial charge in [0.05, 0.1) is 12.8 Å². The minimum absolute atomic E-state index is 0.139. The Morgan fingerprint density at radius 2 is 1.88 bits per heavy atom. The number of fused-ring (bicyclic) bond motifs is 1. The number of carbonyl (C=O) groups is 2. The van der Waals surface area contributed by atoms with Crippen molar-refractivity contribution in [1.82, 2.24) is 9.78 Å². The van der Waals surface area contributed by atoms with Gasteiger partial charge in [-0.05, 0) is 61.6 Å². The molecule has 0 spiro atoms. The van der Waals surface area contributed by atoms with Gasteiger partial charge in [-0.1, -0.05) is 31.2 Å². The van der Waals surface area contributed by atoms with Crippen molar-refractivity contribution in [1.29, 1.82) is 0 Å². The second-order valence-electron chi connectivity index (χ2n) is 8.55. The number of ether oxygens (including phenoxy) is 1. The topological polar surface area (TPSA) is 85.2 Å². The lowest BCUT2D eigenvalue weighted by Crippen LogP contribution is -2.32. The Hall–Kier alpha value is -3.87. The molecule has 0 radical (unpaired) electrons. The molecule has 34 heavy (non-hydrogen) atoms. The fourth-order valence-corrected chi connectivity index (χ4v) is 4.67. The van der Waals surface area contributed by atoms with Crippen LogP contribution in [0.15, 0.2) is 66.0 Å². The predicted molar refractivity (Wildman–Crippen MR) is 131 cm³/mol. The van der Waals surface area contributed by atoms with Crippen molar-refractivity contribution >= 4 is 23.2 Å². The SMILES string of the molecule is CCOc1ccc(NC(=O)c2cnn3c2NC2=C(C(=O)CCC2)C3c2ccc(CC)cc2)cc1. The molecular weight excluding hydrogens is 428 g/mol. The molecule has 2 aromatic carbocycles. The number of aryl methyl sites for hydroxylation is 1. The molecule has 7 heteroatoms. The molecule has 1 aliphatic heterocycles. The van der Waals surface area contributed by atoms with E-state index >= 15 is 0 Å². The summed E-state index contributed by atoms with van der Waals surface area (Å²) in [5.41, 5.74) is 4.98. The molecule has 0 fully saturated rings. The van der Waals surface area contributed by atoms with E-state index in [-0.39, 0.29) is 17.7 Å². The van der Waals surface area contributed by atoms with Crippen LogP contribution < -0.4 is 15.4 Å². The molecule has 7 nitrogen and oxygen atoms in total. The number of carbonyl (C=O) groups excluding carboxylic acids is 2. The Morgan fingerprint density at radius 3 is 2.59 bits per heavy atom. The first-order valence-electron chi connectivity index (χ1n) is 11.8. The number of nitrogens with one attached hydrogen (secondary N) is 2. The summed E-state index contributed by atoms with van der Waals surface area (Å²) in [5, 5.41) is 10.9. The third-order valence-corrected chi connectivity index (χ3v) is 6.41. The van der Waals surface area contributed by atoms with Crippen LogP contribution >= 0.6 is 0 Å². The van der Waals surface area contributed by atoms with Gasteiger partial charge in [-0.3, -0.25) is 9.59 Å². The standard InChI is InChI=1S/C27H28N4O3/c1-3-17-8-10-18(11-9-17)25-24-22(6-5-7-23(24)32)30-26-21(16-28-31(25)26)27(33)29-19-12-14-20(15-13-19)34-4-2/h8-16,25,30H,3-7H2,1-2H3,(H,29,33). The Morgan fingerprint density at radius 1 is 1.12 bits per heavy atom. The quantitative estimate of drug-likeness (QED) is 0.538. The third-order valence-electron chi connectivity index (χ3n) is 6.41. The first-order valence-corrected chi connectivity index (χ1v) is 11.8. The van der Waals surface area contributed by atoms with Gasteiger partial charge < -0.3 is 15.4 Å². The molecule has 174 valence electrons. The van der Waals surface area contributed by atoms with Crippen LogP contribution in [0.4, 0.5) is 11.5 Å². The van der Waals surface area contributed by atoms with Crippen LogP contribution in [0.25, 0.3) is 0 Å². The molecule has 0 bridgehead atoms. The number of hydrogen-bond donors (Lipinski definition) is 2. The normalized spacial score (nSPS) is 17.0. The molecule has 0 saturated carbocycles. The fourth-order valence-electron chi connectivity index (χ4n) is 4.67. The Balaban J connectivity index is 1.49. The molecule has 1 unspecified atom stereocenters. The van der Waals surface area contributed by atoms with Gasteiger partial charge in [-0.15, -0.1) is 0 Å². The van der Waals surface area contributed by atoms with Crippen molar-refractivity contribution < 1.29 is 14.3 Å². The second-order valence-corrected chi connectivity index (χ2v) is 8.55. The third kappa shape index (κ3) is 3.98. The summed E-state index contributed by atoms with van der Waals surface area (Å²) >= 11 is 0. The van der Waals surface area contributed by atoms with Crippen molar-refractivity contribution in [2.75, 3.05) is 17.2 Å². The number of Topliss-reactive ketones (excluding diaryl/α,β-unsaturated/α-hetero) is 1. The molecule has 0 saturated heterocycles. The number of aromatic nitrogens is 2. The highest BCUT2D eigenvalue weighted by Gasteiger charge is 2.37. The summed E-state index contributed by atoms with van der Waals surface area (Å²) < 4.78 is 7.25. The Labute approximate surface area is 198 Å². The number of anilines is 2. The summed E-state index contributed by atoms with van der Waals surface area (Å²) in [4.78, 5) is 26.2. The van der Waals surface area contributed by atoms with Gasteiger partial charge in [0.2, 0.25) is 0 Å². The largest absolute Gasteiger partial charge is 0.494 e. The lowest BCUT2D eigenvalue weighted by molar-refractivity contribution is -0.116. The van der Waals surface area contributed by atoms with Gasteiger partial charge >= 0.3 is 0 Å². The van der Waals surface area contributed by atoms with E-state index in [1.54, 1.807) is 10.9 Å². The second kappa shape index (κ2) is 9.17. The van der Waals surface area contributed by atoms with E-state index in [2.05, 4.69) is 46.9 Å². The lowest BCUT2D eigenvalue weighted by Gasteiger charge is -2.33. The highest BCUT2D eigenvalue weighted by atomic mass is 16.5. The number of hydrogen-bond acceptors (Lipinski definition) is 5. The van der Waals surface area contributed by atoms with Crippen molar-refractivity contribution in [3.05, 3.63) is 82.7 Å². The first-order chi connectivity index (χ1) is 16.6. The van der Waals surface area contributed by atoms with Crippen molar-refractivity contribution in [3.63, 3.8) is 0 Å². The summed E-state index contributed by atoms with van der Waals surface area (Å²) in [7, 11) is 0. The van der Waals surface area contributed by atoms with Crippen LogP contribution in [-0.4, -0.2) is 28.1 Å². The summed E-state index contributed by atoms with van der Waals surface area (Å²) in [6, 6.07) is 15.2. The van der Waals surface area contributed by atoms with Gasteiger partial charge in [0.15, 0.2) is 5.78 Å². The van der Waals surface area contributed by atoms with Crippen molar-refractivity contribution in [2.45, 2.75) is 45.6 Å². The van der Waals surface area contributed by atoms with E-state index in [1.165, 1.54) is 5.56 Å². The van der Waals surface area contributed by atoms with E-state index in [0.717, 1.165) is 41.8 Å². The molecule has 1 aliphatic carbocycles. The van der Waals surface area contributed by atoms with E-state index < -0.39 is 0 Å². The average molecular weight is 457 g/mol. The molecule has 5 rings (SSSR count). The van der Waals surface area contributed by atoms with Crippen LogP contribution in [0.1, 0.15) is 60.6 Å². The van der Waals surface area contributed by atoms with Crippen molar-refractivity contribution in [2.24, 2.45) is 0 Å². The monoisotopic (exact) mass is 456 g/mol. The average Bonchev–Trinajstić information content (AvgIpc) is 3.28. The minimum atomic E-state index is -0.350. The molecule has 2 aliphatic rings. The molecule has 2 heterocycles. The van der Waals surface area contributed by atoms with E-state index in [4.69, 9.17) is 4.74 Å². The summed E-state index contributed by atoms with van der Waals surface area (Å²) in [6.07, 6.45) is 4.63. The number of ketones is 1. The van der Waals surface area contributed by atoms with E-state index in [1.807, 2.05) is 31.2 Å². The molecule has 1 atom stereocenters. The van der Waals surface area contributed by atoms with Crippen LogP contribution in [-0.2, 0) is 11.2 Å². The van der Waals surface area contributed by atoms with E-state index in [0.29, 0.717) is 30.1 Å². The van der Waals surface area contributed by atoms with Gasteiger partial charge in [0.1, 0.15) is 23.2 Å². The highest BCUT2D eigenvalue weighted by Crippen LogP contribution is 2.41.